The van der Waals surface area contributed by atoms with Gasteiger partial charge in [-0.05, 0) is 56.7 Å². The number of piperidine rings is 1. The van der Waals surface area contributed by atoms with E-state index in [1.54, 1.807) is 0 Å². The standard InChI is InChI=1S/C20H24ClFN2O3/c21-16-11-14(3-4-17(16)22)18(25)23-12-15-5-6-20(27-15)7-9-24(10-8-20)19(26)13-1-2-13/h3-4,11,13,15H,1-2,5-10,12H2,(H,23,25). The van der Waals surface area contributed by atoms with Gasteiger partial charge in [0.15, 0.2) is 0 Å². The molecule has 1 aromatic carbocycles. The summed E-state index contributed by atoms with van der Waals surface area (Å²) in [5.74, 6) is -0.247. The third-order valence-corrected chi connectivity index (χ3v) is 6.21. The Kier molecular flexibility index (Phi) is 5.12. The second-order valence-electron chi connectivity index (χ2n) is 7.90. The molecule has 1 saturated carbocycles. The first-order valence-corrected chi connectivity index (χ1v) is 10.0. The third-order valence-electron chi connectivity index (χ3n) is 5.92. The van der Waals surface area contributed by atoms with Crippen LogP contribution in [0.5, 0.6) is 0 Å². The van der Waals surface area contributed by atoms with Crippen molar-refractivity contribution in [2.75, 3.05) is 19.6 Å². The summed E-state index contributed by atoms with van der Waals surface area (Å²) < 4.78 is 19.5. The Labute approximate surface area is 163 Å². The van der Waals surface area contributed by atoms with E-state index in [0.29, 0.717) is 18.0 Å². The summed E-state index contributed by atoms with van der Waals surface area (Å²) >= 11 is 5.73. The number of likely N-dealkylation sites (tertiary alicyclic amines) is 1. The molecule has 1 atom stereocenters. The van der Waals surface area contributed by atoms with E-state index in [2.05, 4.69) is 5.32 Å². The van der Waals surface area contributed by atoms with Crippen molar-refractivity contribution in [1.29, 1.82) is 0 Å². The first kappa shape index (κ1) is 18.7. The molecule has 2 aliphatic heterocycles. The number of hydrogen-bond donors (Lipinski definition) is 1. The monoisotopic (exact) mass is 394 g/mol. The summed E-state index contributed by atoms with van der Waals surface area (Å²) in [4.78, 5) is 26.4. The molecule has 1 N–H and O–H groups in total. The quantitative estimate of drug-likeness (QED) is 0.853. The van der Waals surface area contributed by atoms with Crippen LogP contribution in [0, 0.1) is 11.7 Å². The van der Waals surface area contributed by atoms with Crippen molar-refractivity contribution >= 4 is 23.4 Å². The molecule has 0 radical (unpaired) electrons. The van der Waals surface area contributed by atoms with E-state index in [4.69, 9.17) is 16.3 Å². The first-order chi connectivity index (χ1) is 13.0. The Morgan fingerprint density at radius 1 is 1.22 bits per heavy atom. The van der Waals surface area contributed by atoms with E-state index in [1.165, 1.54) is 18.2 Å². The fourth-order valence-electron chi connectivity index (χ4n) is 4.08. The minimum absolute atomic E-state index is 0.0319. The van der Waals surface area contributed by atoms with Crippen LogP contribution in [0.1, 0.15) is 48.9 Å². The van der Waals surface area contributed by atoms with Gasteiger partial charge in [-0.1, -0.05) is 11.6 Å². The molecule has 1 spiro atoms. The Morgan fingerprint density at radius 2 is 1.96 bits per heavy atom. The maximum atomic E-state index is 13.2. The predicted octanol–water partition coefficient (Wildman–Crippen LogP) is 3.16. The molecule has 3 fully saturated rings. The van der Waals surface area contributed by atoms with Gasteiger partial charge < -0.3 is 15.0 Å². The highest BCUT2D eigenvalue weighted by molar-refractivity contribution is 6.31. The van der Waals surface area contributed by atoms with Crippen molar-refractivity contribution in [3.05, 3.63) is 34.6 Å². The Balaban J connectivity index is 1.25. The van der Waals surface area contributed by atoms with Crippen molar-refractivity contribution < 1.29 is 18.7 Å². The predicted molar refractivity (Wildman–Crippen MR) is 99.1 cm³/mol. The van der Waals surface area contributed by atoms with Crippen molar-refractivity contribution in [3.63, 3.8) is 0 Å². The zero-order valence-electron chi connectivity index (χ0n) is 15.2. The number of benzene rings is 1. The van der Waals surface area contributed by atoms with Crippen LogP contribution in [0.2, 0.25) is 5.02 Å². The summed E-state index contributed by atoms with van der Waals surface area (Å²) in [6.07, 6.45) is 5.63. The highest BCUT2D eigenvalue weighted by Gasteiger charge is 2.44. The molecule has 146 valence electrons. The van der Waals surface area contributed by atoms with Crippen LogP contribution in [0.4, 0.5) is 4.39 Å². The van der Waals surface area contributed by atoms with Gasteiger partial charge in [0.05, 0.1) is 16.7 Å². The number of amides is 2. The Hall–Kier alpha value is -1.66. The minimum Gasteiger partial charge on any atom is -0.370 e. The fraction of sp³-hybridized carbons (Fsp3) is 0.600. The lowest BCUT2D eigenvalue weighted by Gasteiger charge is -2.39. The smallest absolute Gasteiger partial charge is 0.251 e. The van der Waals surface area contributed by atoms with Crippen LogP contribution in [-0.4, -0.2) is 48.1 Å². The fourth-order valence-corrected chi connectivity index (χ4v) is 4.26. The largest absolute Gasteiger partial charge is 0.370 e. The van der Waals surface area contributed by atoms with Crippen LogP contribution in [-0.2, 0) is 9.53 Å². The van der Waals surface area contributed by atoms with Gasteiger partial charge in [0.25, 0.3) is 5.91 Å². The molecule has 27 heavy (non-hydrogen) atoms. The number of halogens is 2. The maximum absolute atomic E-state index is 13.2. The van der Waals surface area contributed by atoms with E-state index >= 15 is 0 Å². The van der Waals surface area contributed by atoms with E-state index < -0.39 is 5.82 Å². The second-order valence-corrected chi connectivity index (χ2v) is 8.31. The second kappa shape index (κ2) is 7.40. The average Bonchev–Trinajstić information content (AvgIpc) is 3.45. The summed E-state index contributed by atoms with van der Waals surface area (Å²) in [6.45, 7) is 1.95. The summed E-state index contributed by atoms with van der Waals surface area (Å²) in [6, 6.07) is 3.94. The van der Waals surface area contributed by atoms with Crippen LogP contribution in [0.25, 0.3) is 0 Å². The van der Waals surface area contributed by atoms with E-state index in [1.807, 2.05) is 4.90 Å². The summed E-state index contributed by atoms with van der Waals surface area (Å²) in [7, 11) is 0. The van der Waals surface area contributed by atoms with Crippen molar-refractivity contribution in [3.8, 4) is 0 Å². The van der Waals surface area contributed by atoms with E-state index in [0.717, 1.165) is 51.6 Å². The SMILES string of the molecule is O=C(NCC1CCC2(CCN(C(=O)C3CC3)CC2)O1)c1ccc(F)c(Cl)c1. The van der Waals surface area contributed by atoms with Gasteiger partial charge >= 0.3 is 0 Å². The van der Waals surface area contributed by atoms with Crippen LogP contribution >= 0.6 is 11.6 Å². The lowest BCUT2D eigenvalue weighted by Crippen LogP contribution is -2.47. The molecule has 2 amide bonds. The average molecular weight is 395 g/mol. The maximum Gasteiger partial charge on any atom is 0.251 e. The van der Waals surface area contributed by atoms with Crippen molar-refractivity contribution in [1.82, 2.24) is 10.2 Å². The zero-order chi connectivity index (χ0) is 19.0. The van der Waals surface area contributed by atoms with Crippen LogP contribution < -0.4 is 5.32 Å². The van der Waals surface area contributed by atoms with Gasteiger partial charge in [-0.15, -0.1) is 0 Å². The lowest BCUT2D eigenvalue weighted by atomic mass is 9.88. The summed E-state index contributed by atoms with van der Waals surface area (Å²) in [5.41, 5.74) is 0.176. The normalized spacial score (nSPS) is 24.2. The first-order valence-electron chi connectivity index (χ1n) is 9.66. The Bertz CT molecular complexity index is 745. The molecule has 7 heteroatoms. The number of hydrogen-bond acceptors (Lipinski definition) is 3. The van der Waals surface area contributed by atoms with Gasteiger partial charge in [0.2, 0.25) is 5.91 Å². The number of rotatable bonds is 4. The molecule has 1 aliphatic carbocycles. The highest BCUT2D eigenvalue weighted by Crippen LogP contribution is 2.40. The van der Waals surface area contributed by atoms with Gasteiger partial charge in [-0.2, -0.15) is 0 Å². The molecule has 0 aromatic heterocycles. The minimum atomic E-state index is -0.541. The van der Waals surface area contributed by atoms with Crippen LogP contribution in [0.15, 0.2) is 18.2 Å². The van der Waals surface area contributed by atoms with Gasteiger partial charge in [0.1, 0.15) is 5.82 Å². The molecule has 0 bridgehead atoms. The number of carbonyl (C=O) groups excluding carboxylic acids is 2. The molecule has 5 nitrogen and oxygen atoms in total. The number of nitrogens with one attached hydrogen (secondary N) is 1. The highest BCUT2D eigenvalue weighted by atomic mass is 35.5. The molecule has 1 unspecified atom stereocenters. The molecular formula is C20H24ClFN2O3. The van der Waals surface area contributed by atoms with Crippen molar-refractivity contribution in [2.45, 2.75) is 50.2 Å². The molecular weight excluding hydrogens is 371 g/mol. The van der Waals surface area contributed by atoms with Gasteiger partial charge in [-0.25, -0.2) is 4.39 Å². The van der Waals surface area contributed by atoms with Crippen molar-refractivity contribution in [2.24, 2.45) is 5.92 Å². The molecule has 4 rings (SSSR count). The summed E-state index contributed by atoms with van der Waals surface area (Å²) in [5, 5.41) is 2.79. The topological polar surface area (TPSA) is 58.6 Å². The third kappa shape index (κ3) is 4.11. The number of carbonyl (C=O) groups is 2. The van der Waals surface area contributed by atoms with Gasteiger partial charge in [-0.3, -0.25) is 9.59 Å². The van der Waals surface area contributed by atoms with E-state index in [-0.39, 0.29) is 28.6 Å². The lowest BCUT2D eigenvalue weighted by molar-refractivity contribution is -0.138. The Morgan fingerprint density at radius 3 is 2.63 bits per heavy atom. The molecule has 1 aromatic rings. The number of ether oxygens (including phenoxy) is 1. The van der Waals surface area contributed by atoms with E-state index in [9.17, 15) is 14.0 Å². The van der Waals surface area contributed by atoms with Crippen LogP contribution in [0.3, 0.4) is 0 Å². The zero-order valence-corrected chi connectivity index (χ0v) is 15.9. The molecule has 3 aliphatic rings. The van der Waals surface area contributed by atoms with Gasteiger partial charge in [0, 0.05) is 31.1 Å². The molecule has 2 saturated heterocycles. The molecule has 2 heterocycles. The number of nitrogens with zero attached hydrogens (tertiary/aromatic N) is 1.